The number of hydrogen-bond acceptors (Lipinski definition) is 3. The average Bonchev–Trinajstić information content (AvgIpc) is 2.48. The number of pyridine rings is 1. The van der Waals surface area contributed by atoms with Crippen molar-refractivity contribution in [1.29, 1.82) is 0 Å². The number of carbonyl (C=O) groups is 1. The molecule has 1 aromatic carbocycles. The maximum atomic E-state index is 12.1. The lowest BCUT2D eigenvalue weighted by Crippen LogP contribution is -2.39. The van der Waals surface area contributed by atoms with Crippen LogP contribution in [0.15, 0.2) is 48.7 Å². The molecular weight excluding hydrogens is 276 g/mol. The molecule has 1 aromatic heterocycles. The highest BCUT2D eigenvalue weighted by atomic mass is 35.5. The number of aromatic nitrogens is 1. The van der Waals surface area contributed by atoms with Crippen molar-refractivity contribution in [2.45, 2.75) is 12.5 Å². The summed E-state index contributed by atoms with van der Waals surface area (Å²) in [6.07, 6.45) is 2.08. The van der Waals surface area contributed by atoms with Crippen LogP contribution in [-0.4, -0.2) is 28.6 Å². The van der Waals surface area contributed by atoms with Crippen molar-refractivity contribution >= 4 is 17.5 Å². The Kier molecular flexibility index (Phi) is 5.09. The molecular formula is C15H15ClN2O2. The molecule has 0 bridgehead atoms. The maximum Gasteiger partial charge on any atom is 0.254 e. The number of hydrogen-bond donors (Lipinski definition) is 2. The lowest BCUT2D eigenvalue weighted by Gasteiger charge is -2.16. The molecule has 1 atom stereocenters. The van der Waals surface area contributed by atoms with Crippen LogP contribution in [0.2, 0.25) is 5.15 Å². The van der Waals surface area contributed by atoms with Crippen LogP contribution in [0.5, 0.6) is 0 Å². The average molecular weight is 291 g/mol. The van der Waals surface area contributed by atoms with E-state index in [-0.39, 0.29) is 23.7 Å². The molecule has 0 saturated heterocycles. The third kappa shape index (κ3) is 3.79. The summed E-state index contributed by atoms with van der Waals surface area (Å²) in [5, 5.41) is 12.3. The fourth-order valence-corrected chi connectivity index (χ4v) is 2.08. The van der Waals surface area contributed by atoms with Gasteiger partial charge < -0.3 is 10.4 Å². The van der Waals surface area contributed by atoms with Gasteiger partial charge in [-0.3, -0.25) is 4.79 Å². The fraction of sp³-hybridized carbons (Fsp3) is 0.200. The number of amides is 1. The number of rotatable bonds is 5. The van der Waals surface area contributed by atoms with Gasteiger partial charge >= 0.3 is 0 Å². The van der Waals surface area contributed by atoms with Crippen LogP contribution >= 0.6 is 11.6 Å². The van der Waals surface area contributed by atoms with Crippen molar-refractivity contribution in [2.24, 2.45) is 0 Å². The number of halogens is 1. The van der Waals surface area contributed by atoms with E-state index in [2.05, 4.69) is 10.3 Å². The van der Waals surface area contributed by atoms with Gasteiger partial charge in [0.15, 0.2) is 0 Å². The molecule has 104 valence electrons. The van der Waals surface area contributed by atoms with E-state index >= 15 is 0 Å². The van der Waals surface area contributed by atoms with Gasteiger partial charge in [-0.1, -0.05) is 41.9 Å². The molecule has 0 fully saturated rings. The minimum absolute atomic E-state index is 0.140. The molecule has 0 spiro atoms. The summed E-state index contributed by atoms with van der Waals surface area (Å²) in [5.41, 5.74) is 1.35. The summed E-state index contributed by atoms with van der Waals surface area (Å²) >= 11 is 5.87. The standard InChI is InChI=1S/C15H15ClN2O2/c16-14-13(7-4-8-17-14)15(20)18-12(10-19)9-11-5-2-1-3-6-11/h1-8,12,19H,9-10H2,(H,18,20)/t12-/m0/s1. The van der Waals surface area contributed by atoms with Crippen LogP contribution in [0, 0.1) is 0 Å². The van der Waals surface area contributed by atoms with Gasteiger partial charge in [0.05, 0.1) is 18.2 Å². The molecule has 1 heterocycles. The number of aliphatic hydroxyl groups excluding tert-OH is 1. The topological polar surface area (TPSA) is 62.2 Å². The summed E-state index contributed by atoms with van der Waals surface area (Å²) in [4.78, 5) is 15.9. The Morgan fingerprint density at radius 3 is 2.65 bits per heavy atom. The first-order valence-electron chi connectivity index (χ1n) is 6.27. The second kappa shape index (κ2) is 7.03. The Balaban J connectivity index is 2.03. The largest absolute Gasteiger partial charge is 0.394 e. The number of nitrogens with one attached hydrogen (secondary N) is 1. The Morgan fingerprint density at radius 1 is 1.25 bits per heavy atom. The molecule has 20 heavy (non-hydrogen) atoms. The van der Waals surface area contributed by atoms with E-state index in [1.807, 2.05) is 30.3 Å². The highest BCUT2D eigenvalue weighted by Gasteiger charge is 2.16. The van der Waals surface area contributed by atoms with E-state index < -0.39 is 0 Å². The molecule has 4 nitrogen and oxygen atoms in total. The van der Waals surface area contributed by atoms with E-state index in [0.717, 1.165) is 5.56 Å². The van der Waals surface area contributed by atoms with Gasteiger partial charge in [-0.05, 0) is 24.1 Å². The van der Waals surface area contributed by atoms with E-state index in [4.69, 9.17) is 11.6 Å². The summed E-state index contributed by atoms with van der Waals surface area (Å²) < 4.78 is 0. The third-order valence-corrected chi connectivity index (χ3v) is 3.19. The zero-order valence-electron chi connectivity index (χ0n) is 10.8. The van der Waals surface area contributed by atoms with E-state index in [9.17, 15) is 9.90 Å². The third-order valence-electron chi connectivity index (χ3n) is 2.88. The van der Waals surface area contributed by atoms with Crippen LogP contribution in [0.1, 0.15) is 15.9 Å². The lowest BCUT2D eigenvalue weighted by molar-refractivity contribution is 0.0916. The van der Waals surface area contributed by atoms with Gasteiger partial charge in [0.1, 0.15) is 5.15 Å². The normalized spacial score (nSPS) is 11.9. The van der Waals surface area contributed by atoms with Crippen LogP contribution in [0.25, 0.3) is 0 Å². The minimum Gasteiger partial charge on any atom is -0.394 e. The molecule has 0 radical (unpaired) electrons. The molecule has 0 unspecified atom stereocenters. The highest BCUT2D eigenvalue weighted by molar-refractivity contribution is 6.32. The van der Waals surface area contributed by atoms with Crippen molar-refractivity contribution in [1.82, 2.24) is 10.3 Å². The van der Waals surface area contributed by atoms with Crippen LogP contribution in [-0.2, 0) is 6.42 Å². The Morgan fingerprint density at radius 2 is 2.00 bits per heavy atom. The summed E-state index contributed by atoms with van der Waals surface area (Å²) in [6.45, 7) is -0.140. The molecule has 0 aliphatic rings. The van der Waals surface area contributed by atoms with Crippen molar-refractivity contribution < 1.29 is 9.90 Å². The van der Waals surface area contributed by atoms with Crippen molar-refractivity contribution in [3.05, 3.63) is 64.9 Å². The molecule has 1 amide bonds. The monoisotopic (exact) mass is 290 g/mol. The zero-order chi connectivity index (χ0) is 14.4. The molecule has 5 heteroatoms. The van der Waals surface area contributed by atoms with Crippen LogP contribution in [0.4, 0.5) is 0 Å². The van der Waals surface area contributed by atoms with Gasteiger partial charge in [-0.15, -0.1) is 0 Å². The summed E-state index contributed by atoms with van der Waals surface area (Å²) in [7, 11) is 0. The number of benzene rings is 1. The van der Waals surface area contributed by atoms with Gasteiger partial charge in [-0.2, -0.15) is 0 Å². The first kappa shape index (κ1) is 14.5. The van der Waals surface area contributed by atoms with Crippen molar-refractivity contribution in [2.75, 3.05) is 6.61 Å². The minimum atomic E-state index is -0.360. The molecule has 0 saturated carbocycles. The lowest BCUT2D eigenvalue weighted by atomic mass is 10.1. The number of nitrogens with zero attached hydrogens (tertiary/aromatic N) is 1. The highest BCUT2D eigenvalue weighted by Crippen LogP contribution is 2.12. The van der Waals surface area contributed by atoms with Crippen molar-refractivity contribution in [3.8, 4) is 0 Å². The SMILES string of the molecule is O=C(N[C@H](CO)Cc1ccccc1)c1cccnc1Cl. The predicted octanol–water partition coefficient (Wildman–Crippen LogP) is 2.07. The van der Waals surface area contributed by atoms with E-state index in [0.29, 0.717) is 12.0 Å². The van der Waals surface area contributed by atoms with Crippen LogP contribution in [0.3, 0.4) is 0 Å². The van der Waals surface area contributed by atoms with Crippen molar-refractivity contribution in [3.63, 3.8) is 0 Å². The smallest absolute Gasteiger partial charge is 0.254 e. The first-order valence-corrected chi connectivity index (χ1v) is 6.64. The van der Waals surface area contributed by atoms with Gasteiger partial charge in [0, 0.05) is 6.20 Å². The first-order chi connectivity index (χ1) is 9.70. The van der Waals surface area contributed by atoms with E-state index in [1.54, 1.807) is 12.1 Å². The molecule has 2 N–H and O–H groups in total. The van der Waals surface area contributed by atoms with Gasteiger partial charge in [0.25, 0.3) is 5.91 Å². The number of aliphatic hydroxyl groups is 1. The van der Waals surface area contributed by atoms with Gasteiger partial charge in [0.2, 0.25) is 0 Å². The second-order valence-corrected chi connectivity index (χ2v) is 4.74. The van der Waals surface area contributed by atoms with Crippen LogP contribution < -0.4 is 5.32 Å². The molecule has 2 aromatic rings. The predicted molar refractivity (Wildman–Crippen MR) is 77.7 cm³/mol. The Labute approximate surface area is 122 Å². The fourth-order valence-electron chi connectivity index (χ4n) is 1.88. The molecule has 2 rings (SSSR count). The maximum absolute atomic E-state index is 12.1. The Hall–Kier alpha value is -1.91. The zero-order valence-corrected chi connectivity index (χ0v) is 11.5. The summed E-state index contributed by atoms with van der Waals surface area (Å²) in [5.74, 6) is -0.335. The Bertz CT molecular complexity index is 575. The number of carbonyl (C=O) groups excluding carboxylic acids is 1. The summed E-state index contributed by atoms with van der Waals surface area (Å²) in [6, 6.07) is 12.5. The molecule has 0 aliphatic carbocycles. The molecule has 0 aliphatic heterocycles. The quantitative estimate of drug-likeness (QED) is 0.829. The second-order valence-electron chi connectivity index (χ2n) is 4.38. The van der Waals surface area contributed by atoms with Gasteiger partial charge in [-0.25, -0.2) is 4.98 Å². The van der Waals surface area contributed by atoms with E-state index in [1.165, 1.54) is 6.20 Å².